The molecule has 1 aliphatic rings. The molecule has 8 nitrogen and oxygen atoms in total. The van der Waals surface area contributed by atoms with E-state index in [9.17, 15) is 10.1 Å². The highest BCUT2D eigenvalue weighted by Gasteiger charge is 2.20. The number of aromatic nitrogens is 1. The van der Waals surface area contributed by atoms with Crippen LogP contribution < -0.4 is 9.47 Å². The number of rotatable bonds is 6. The van der Waals surface area contributed by atoms with Crippen LogP contribution in [0.3, 0.4) is 0 Å². The van der Waals surface area contributed by atoms with Crippen LogP contribution in [0.25, 0.3) is 33.6 Å². The predicted octanol–water partition coefficient (Wildman–Crippen LogP) is 5.30. The number of pyridine rings is 1. The van der Waals surface area contributed by atoms with Crippen molar-refractivity contribution >= 4 is 17.0 Å². The van der Waals surface area contributed by atoms with Crippen molar-refractivity contribution in [2.45, 2.75) is 18.9 Å². The molecule has 1 fully saturated rings. The molecule has 0 bridgehead atoms. The number of nitrogens with zero attached hydrogens (tertiary/aromatic N) is 3. The highest BCUT2D eigenvalue weighted by atomic mass is 16.5. The normalized spacial score (nSPS) is 13.8. The molecule has 37 heavy (non-hydrogen) atoms. The molecule has 0 saturated carbocycles. The van der Waals surface area contributed by atoms with Crippen molar-refractivity contribution in [1.29, 1.82) is 5.26 Å². The molecule has 188 valence electrons. The van der Waals surface area contributed by atoms with Gasteiger partial charge in [-0.3, -0.25) is 9.78 Å². The molecule has 0 spiro atoms. The van der Waals surface area contributed by atoms with Gasteiger partial charge in [-0.15, -0.1) is 0 Å². The fourth-order valence-corrected chi connectivity index (χ4v) is 4.43. The molecule has 4 aromatic rings. The van der Waals surface area contributed by atoms with Gasteiger partial charge in [-0.1, -0.05) is 12.1 Å². The first-order valence-electron chi connectivity index (χ1n) is 12.1. The second-order valence-electron chi connectivity index (χ2n) is 9.05. The second-order valence-corrected chi connectivity index (χ2v) is 9.05. The molecular weight excluding hydrogens is 470 g/mol. The predicted molar refractivity (Wildman–Crippen MR) is 139 cm³/mol. The summed E-state index contributed by atoms with van der Waals surface area (Å²) < 4.78 is 23.3. The van der Waals surface area contributed by atoms with Gasteiger partial charge in [0.25, 0.3) is 5.91 Å². The Kier molecular flexibility index (Phi) is 6.80. The largest absolute Gasteiger partial charge is 0.496 e. The number of fused-ring (bicyclic) bond motifs is 1. The SMILES string of the molecule is COc1cc(-c2cc3nccc(-c4ccc(OC5CCOCC5)c(C#N)c4)c3o2)ccc1C(=O)N(C)C. The van der Waals surface area contributed by atoms with E-state index in [2.05, 4.69) is 11.1 Å². The summed E-state index contributed by atoms with van der Waals surface area (Å²) in [5.74, 6) is 1.48. The summed E-state index contributed by atoms with van der Waals surface area (Å²) in [6, 6.07) is 16.9. The van der Waals surface area contributed by atoms with Crippen molar-refractivity contribution in [2.24, 2.45) is 0 Å². The topological polar surface area (TPSA) is 97.8 Å². The molecule has 1 aliphatic heterocycles. The molecule has 0 aliphatic carbocycles. The van der Waals surface area contributed by atoms with E-state index in [0.717, 1.165) is 29.5 Å². The zero-order valence-electron chi connectivity index (χ0n) is 21.0. The maximum absolute atomic E-state index is 12.5. The number of ether oxygens (including phenoxy) is 3. The van der Waals surface area contributed by atoms with Crippen LogP contribution in [0.2, 0.25) is 0 Å². The number of carbonyl (C=O) groups excluding carboxylic acids is 1. The summed E-state index contributed by atoms with van der Waals surface area (Å²) in [7, 11) is 4.93. The van der Waals surface area contributed by atoms with Crippen molar-refractivity contribution < 1.29 is 23.4 Å². The van der Waals surface area contributed by atoms with E-state index in [0.29, 0.717) is 52.7 Å². The van der Waals surface area contributed by atoms with Gasteiger partial charge < -0.3 is 23.5 Å². The number of hydrogen-bond acceptors (Lipinski definition) is 7. The Morgan fingerprint density at radius 3 is 2.57 bits per heavy atom. The lowest BCUT2D eigenvalue weighted by molar-refractivity contribution is 0.0254. The Morgan fingerprint density at radius 2 is 1.84 bits per heavy atom. The summed E-state index contributed by atoms with van der Waals surface area (Å²) in [6.07, 6.45) is 3.38. The van der Waals surface area contributed by atoms with Gasteiger partial charge in [-0.25, -0.2) is 0 Å². The third-order valence-corrected chi connectivity index (χ3v) is 6.41. The van der Waals surface area contributed by atoms with E-state index in [1.165, 1.54) is 12.0 Å². The number of methoxy groups -OCH3 is 1. The zero-order valence-corrected chi connectivity index (χ0v) is 21.0. The molecule has 1 amide bonds. The molecule has 2 aromatic carbocycles. The van der Waals surface area contributed by atoms with Crippen LogP contribution in [0, 0.1) is 11.3 Å². The van der Waals surface area contributed by atoms with Gasteiger partial charge >= 0.3 is 0 Å². The van der Waals surface area contributed by atoms with Crippen molar-refractivity contribution in [2.75, 3.05) is 34.4 Å². The van der Waals surface area contributed by atoms with E-state index in [4.69, 9.17) is 18.6 Å². The first-order chi connectivity index (χ1) is 18.0. The average Bonchev–Trinajstić information content (AvgIpc) is 3.38. The maximum atomic E-state index is 12.5. The van der Waals surface area contributed by atoms with Crippen molar-refractivity contribution in [3.63, 3.8) is 0 Å². The minimum Gasteiger partial charge on any atom is -0.496 e. The van der Waals surface area contributed by atoms with Crippen molar-refractivity contribution in [3.8, 4) is 40.0 Å². The molecule has 3 heterocycles. The van der Waals surface area contributed by atoms with E-state index in [-0.39, 0.29) is 12.0 Å². The van der Waals surface area contributed by atoms with Gasteiger partial charge in [0.05, 0.1) is 31.5 Å². The lowest BCUT2D eigenvalue weighted by Crippen LogP contribution is -2.26. The Hall–Kier alpha value is -4.35. The molecule has 0 radical (unpaired) electrons. The number of benzene rings is 2. The minimum atomic E-state index is -0.144. The molecule has 1 saturated heterocycles. The molecule has 2 aromatic heterocycles. The lowest BCUT2D eigenvalue weighted by atomic mass is 10.0. The summed E-state index contributed by atoms with van der Waals surface area (Å²) in [5, 5.41) is 9.80. The number of carbonyl (C=O) groups is 1. The first-order valence-corrected chi connectivity index (χ1v) is 12.1. The Labute approximate surface area is 215 Å². The van der Waals surface area contributed by atoms with Gasteiger partial charge in [0.15, 0.2) is 5.58 Å². The molecule has 8 heteroatoms. The van der Waals surface area contributed by atoms with Crippen molar-refractivity contribution in [1.82, 2.24) is 9.88 Å². The van der Waals surface area contributed by atoms with Crippen LogP contribution in [0.15, 0.2) is 59.1 Å². The minimum absolute atomic E-state index is 0.0448. The summed E-state index contributed by atoms with van der Waals surface area (Å²) in [4.78, 5) is 18.5. The monoisotopic (exact) mass is 497 g/mol. The van der Waals surface area contributed by atoms with E-state index in [1.807, 2.05) is 36.4 Å². The highest BCUT2D eigenvalue weighted by molar-refractivity contribution is 5.98. The summed E-state index contributed by atoms with van der Waals surface area (Å²) >= 11 is 0. The van der Waals surface area contributed by atoms with Gasteiger partial charge in [-0.2, -0.15) is 5.26 Å². The number of furan rings is 1. The van der Waals surface area contributed by atoms with Gasteiger partial charge in [0.1, 0.15) is 34.9 Å². The van der Waals surface area contributed by atoms with Crippen LogP contribution in [0.5, 0.6) is 11.5 Å². The number of nitriles is 1. The van der Waals surface area contributed by atoms with Crippen LogP contribution in [-0.4, -0.2) is 56.3 Å². The second kappa shape index (κ2) is 10.3. The fourth-order valence-electron chi connectivity index (χ4n) is 4.43. The van der Waals surface area contributed by atoms with Gasteiger partial charge in [0.2, 0.25) is 0 Å². The molecule has 0 atom stereocenters. The van der Waals surface area contributed by atoms with Crippen LogP contribution in [0.4, 0.5) is 0 Å². The fraction of sp³-hybridized carbons (Fsp3) is 0.276. The molecule has 0 unspecified atom stereocenters. The van der Waals surface area contributed by atoms with E-state index >= 15 is 0 Å². The third-order valence-electron chi connectivity index (χ3n) is 6.41. The van der Waals surface area contributed by atoms with E-state index in [1.54, 1.807) is 32.4 Å². The molecular formula is C29H27N3O5. The Morgan fingerprint density at radius 1 is 1.05 bits per heavy atom. The Balaban J connectivity index is 1.50. The van der Waals surface area contributed by atoms with Crippen LogP contribution >= 0.6 is 0 Å². The third kappa shape index (κ3) is 4.86. The standard InChI is InChI=1S/C29H27N3O5/c1-32(2)29(33)23-6-4-19(15-27(23)34-3)26-16-24-28(37-26)22(8-11-31-24)18-5-7-25(20(14-18)17-30)36-21-9-12-35-13-10-21/h4-8,11,14-16,21H,9-10,12-13H2,1-3H3. The van der Waals surface area contributed by atoms with Gasteiger partial charge in [0, 0.05) is 50.3 Å². The van der Waals surface area contributed by atoms with Crippen LogP contribution in [0.1, 0.15) is 28.8 Å². The molecule has 5 rings (SSSR count). The average molecular weight is 498 g/mol. The maximum Gasteiger partial charge on any atom is 0.257 e. The smallest absolute Gasteiger partial charge is 0.257 e. The first kappa shape index (κ1) is 24.3. The summed E-state index contributed by atoms with van der Waals surface area (Å²) in [5.41, 5.74) is 4.62. The highest BCUT2D eigenvalue weighted by Crippen LogP contribution is 2.37. The number of amides is 1. The number of hydrogen-bond donors (Lipinski definition) is 0. The lowest BCUT2D eigenvalue weighted by Gasteiger charge is -2.23. The summed E-state index contributed by atoms with van der Waals surface area (Å²) in [6.45, 7) is 1.34. The quantitative estimate of drug-likeness (QED) is 0.356. The van der Waals surface area contributed by atoms with Crippen molar-refractivity contribution in [3.05, 3.63) is 65.9 Å². The Bertz CT molecular complexity index is 1500. The molecule has 0 N–H and O–H groups in total. The van der Waals surface area contributed by atoms with Gasteiger partial charge in [-0.05, 0) is 35.9 Å². The van der Waals surface area contributed by atoms with E-state index < -0.39 is 0 Å². The van der Waals surface area contributed by atoms with Crippen LogP contribution in [-0.2, 0) is 4.74 Å². The zero-order chi connectivity index (χ0) is 25.9.